The van der Waals surface area contributed by atoms with Crippen molar-refractivity contribution in [1.82, 2.24) is 9.55 Å². The summed E-state index contributed by atoms with van der Waals surface area (Å²) in [7, 11) is 0. The van der Waals surface area contributed by atoms with Crippen LogP contribution in [-0.2, 0) is 6.54 Å². The molecule has 3 rings (SSSR count). The number of nitrogens with zero attached hydrogens (tertiary/aromatic N) is 2. The van der Waals surface area contributed by atoms with Gasteiger partial charge in [-0.2, -0.15) is 0 Å². The van der Waals surface area contributed by atoms with Crippen LogP contribution in [0.1, 0.15) is 10.4 Å². The summed E-state index contributed by atoms with van der Waals surface area (Å²) in [4.78, 5) is 16.6. The predicted molar refractivity (Wildman–Crippen MR) is 89.0 cm³/mol. The minimum Gasteiger partial charge on any atom is -0.504 e. The average molecular weight is 331 g/mol. The molecule has 0 aliphatic carbocycles. The van der Waals surface area contributed by atoms with Crippen molar-refractivity contribution in [3.63, 3.8) is 0 Å². The van der Waals surface area contributed by atoms with Crippen molar-refractivity contribution in [2.45, 2.75) is 6.54 Å². The zero-order chi connectivity index (χ0) is 15.5. The Balaban J connectivity index is 0.00000192. The minimum absolute atomic E-state index is 0. The van der Waals surface area contributed by atoms with Crippen molar-refractivity contribution in [3.05, 3.63) is 66.5 Å². The lowest BCUT2D eigenvalue weighted by Gasteiger charge is -2.08. The van der Waals surface area contributed by atoms with Crippen LogP contribution >= 0.6 is 12.4 Å². The number of halogens is 1. The van der Waals surface area contributed by atoms with E-state index >= 15 is 0 Å². The molecule has 5 nitrogen and oxygen atoms in total. The molecular weight excluding hydrogens is 316 g/mol. The van der Waals surface area contributed by atoms with Crippen LogP contribution in [0.5, 0.6) is 11.5 Å². The number of phenolic OH excluding ortho intramolecular Hbond substituents is 2. The van der Waals surface area contributed by atoms with E-state index in [9.17, 15) is 15.0 Å². The van der Waals surface area contributed by atoms with Crippen LogP contribution in [0.3, 0.4) is 0 Å². The summed E-state index contributed by atoms with van der Waals surface area (Å²) in [6, 6.07) is 13.6. The first-order valence-corrected chi connectivity index (χ1v) is 6.77. The molecule has 0 atom stereocenters. The number of rotatable bonds is 4. The highest BCUT2D eigenvalue weighted by molar-refractivity contribution is 5.96. The smallest absolute Gasteiger partial charge is 0.182 e. The Kier molecular flexibility index (Phi) is 5.03. The molecule has 1 aromatic heterocycles. The molecule has 0 bridgehead atoms. The highest BCUT2D eigenvalue weighted by Gasteiger charge is 2.12. The second kappa shape index (κ2) is 6.98. The largest absolute Gasteiger partial charge is 0.504 e. The molecule has 0 unspecified atom stereocenters. The third-order valence-corrected chi connectivity index (χ3v) is 3.36. The number of aromatic hydroxyl groups is 2. The number of carbonyl (C=O) groups excluding carboxylic acids is 1. The molecular formula is C17H15ClN2O3. The number of carbonyl (C=O) groups is 1. The van der Waals surface area contributed by atoms with Crippen LogP contribution in [0, 0.1) is 0 Å². The molecule has 2 N–H and O–H groups in total. The summed E-state index contributed by atoms with van der Waals surface area (Å²) in [5.41, 5.74) is 1.26. The molecule has 0 fully saturated rings. The van der Waals surface area contributed by atoms with Gasteiger partial charge in [-0.15, -0.1) is 12.4 Å². The molecule has 2 aromatic carbocycles. The van der Waals surface area contributed by atoms with Gasteiger partial charge in [0.15, 0.2) is 17.3 Å². The van der Waals surface area contributed by atoms with E-state index in [2.05, 4.69) is 4.98 Å². The maximum absolute atomic E-state index is 12.3. The third-order valence-electron chi connectivity index (χ3n) is 3.36. The van der Waals surface area contributed by atoms with E-state index in [0.29, 0.717) is 11.4 Å². The molecule has 0 radical (unpaired) electrons. The highest BCUT2D eigenvalue weighted by Crippen LogP contribution is 2.25. The Morgan fingerprint density at radius 1 is 1.04 bits per heavy atom. The monoisotopic (exact) mass is 330 g/mol. The van der Waals surface area contributed by atoms with E-state index in [1.54, 1.807) is 17.0 Å². The summed E-state index contributed by atoms with van der Waals surface area (Å²) in [5, 5.41) is 18.8. The first-order valence-electron chi connectivity index (χ1n) is 6.77. The topological polar surface area (TPSA) is 75.4 Å². The summed E-state index contributed by atoms with van der Waals surface area (Å²) < 4.78 is 1.75. The molecule has 0 aliphatic rings. The lowest BCUT2D eigenvalue weighted by atomic mass is 10.1. The first kappa shape index (κ1) is 16.6. The normalized spacial score (nSPS) is 10.1. The average Bonchev–Trinajstić information content (AvgIpc) is 2.99. The Morgan fingerprint density at radius 3 is 2.48 bits per heavy atom. The molecule has 3 aromatic rings. The van der Waals surface area contributed by atoms with Gasteiger partial charge in [-0.05, 0) is 18.2 Å². The van der Waals surface area contributed by atoms with Crippen LogP contribution in [0.2, 0.25) is 0 Å². The van der Waals surface area contributed by atoms with Crippen LogP contribution in [0.4, 0.5) is 0 Å². The van der Waals surface area contributed by atoms with Gasteiger partial charge in [0.2, 0.25) is 0 Å². The summed E-state index contributed by atoms with van der Waals surface area (Å²) in [6.45, 7) is 0.106. The predicted octanol–water partition coefficient (Wildman–Crippen LogP) is 3.27. The van der Waals surface area contributed by atoms with Crippen molar-refractivity contribution in [1.29, 1.82) is 0 Å². The molecule has 23 heavy (non-hydrogen) atoms. The molecule has 0 spiro atoms. The molecule has 0 aliphatic heterocycles. The number of hydrogen-bond donors (Lipinski definition) is 2. The quantitative estimate of drug-likeness (QED) is 0.568. The maximum Gasteiger partial charge on any atom is 0.182 e. The van der Waals surface area contributed by atoms with Crippen molar-refractivity contribution >= 4 is 18.2 Å². The molecule has 1 heterocycles. The first-order chi connectivity index (χ1) is 10.6. The van der Waals surface area contributed by atoms with Gasteiger partial charge in [-0.25, -0.2) is 4.98 Å². The SMILES string of the molecule is Cl.O=C(Cn1ccnc1-c1ccccc1)c1ccc(O)c(O)c1. The Labute approximate surface area is 139 Å². The number of phenols is 2. The van der Waals surface area contributed by atoms with Gasteiger partial charge in [0.1, 0.15) is 5.82 Å². The van der Waals surface area contributed by atoms with Crippen molar-refractivity contribution in [2.24, 2.45) is 0 Å². The lowest BCUT2D eigenvalue weighted by Crippen LogP contribution is -2.10. The van der Waals surface area contributed by atoms with Gasteiger partial charge in [0.25, 0.3) is 0 Å². The van der Waals surface area contributed by atoms with Gasteiger partial charge in [-0.3, -0.25) is 4.79 Å². The molecule has 6 heteroatoms. The molecule has 0 saturated heterocycles. The van der Waals surface area contributed by atoms with Crippen LogP contribution in [0.15, 0.2) is 60.9 Å². The van der Waals surface area contributed by atoms with Gasteiger partial charge in [0.05, 0.1) is 6.54 Å². The number of aromatic nitrogens is 2. The lowest BCUT2D eigenvalue weighted by molar-refractivity contribution is 0.0972. The number of imidazole rings is 1. The summed E-state index contributed by atoms with van der Waals surface area (Å²) >= 11 is 0. The zero-order valence-corrected chi connectivity index (χ0v) is 12.9. The second-order valence-corrected chi connectivity index (χ2v) is 4.87. The van der Waals surface area contributed by atoms with E-state index in [1.165, 1.54) is 18.2 Å². The second-order valence-electron chi connectivity index (χ2n) is 4.87. The number of Topliss-reactive ketones (excluding diaryl/α,β-unsaturated/α-hetero) is 1. The number of ketones is 1. The summed E-state index contributed by atoms with van der Waals surface area (Å²) in [5.74, 6) is -0.0219. The van der Waals surface area contributed by atoms with Gasteiger partial charge in [0, 0.05) is 23.5 Å². The van der Waals surface area contributed by atoms with Crippen LogP contribution in [0.25, 0.3) is 11.4 Å². The molecule has 0 saturated carbocycles. The maximum atomic E-state index is 12.3. The Morgan fingerprint density at radius 2 is 1.78 bits per heavy atom. The van der Waals surface area contributed by atoms with E-state index in [0.717, 1.165) is 5.56 Å². The van der Waals surface area contributed by atoms with Gasteiger partial charge >= 0.3 is 0 Å². The van der Waals surface area contributed by atoms with Crippen molar-refractivity contribution in [3.8, 4) is 22.9 Å². The third kappa shape index (κ3) is 3.52. The van der Waals surface area contributed by atoms with Crippen LogP contribution < -0.4 is 0 Å². The standard InChI is InChI=1S/C17H14N2O3.ClH/c20-14-7-6-13(10-15(14)21)16(22)11-19-9-8-18-17(19)12-4-2-1-3-5-12;/h1-10,20-21H,11H2;1H. The van der Waals surface area contributed by atoms with E-state index < -0.39 is 0 Å². The summed E-state index contributed by atoms with van der Waals surface area (Å²) in [6.07, 6.45) is 3.38. The van der Waals surface area contributed by atoms with E-state index in [4.69, 9.17) is 0 Å². The van der Waals surface area contributed by atoms with E-state index in [-0.39, 0.29) is 36.2 Å². The molecule has 118 valence electrons. The van der Waals surface area contributed by atoms with Crippen molar-refractivity contribution < 1.29 is 15.0 Å². The highest BCUT2D eigenvalue weighted by atomic mass is 35.5. The fourth-order valence-corrected chi connectivity index (χ4v) is 2.23. The fourth-order valence-electron chi connectivity index (χ4n) is 2.23. The zero-order valence-electron chi connectivity index (χ0n) is 12.1. The number of hydrogen-bond acceptors (Lipinski definition) is 4. The number of benzene rings is 2. The van der Waals surface area contributed by atoms with E-state index in [1.807, 2.05) is 30.3 Å². The Hall–Kier alpha value is -2.79. The van der Waals surface area contributed by atoms with Gasteiger partial charge < -0.3 is 14.8 Å². The van der Waals surface area contributed by atoms with Crippen molar-refractivity contribution in [2.75, 3.05) is 0 Å². The molecule has 0 amide bonds. The minimum atomic E-state index is -0.306. The van der Waals surface area contributed by atoms with Crippen LogP contribution in [-0.4, -0.2) is 25.5 Å². The Bertz CT molecular complexity index is 816. The van der Waals surface area contributed by atoms with Gasteiger partial charge in [-0.1, -0.05) is 30.3 Å². The fraction of sp³-hybridized carbons (Fsp3) is 0.0588.